The van der Waals surface area contributed by atoms with Crippen molar-refractivity contribution >= 4 is 17.5 Å². The largest absolute Gasteiger partial charge is 0.495 e. The average Bonchev–Trinajstić information content (AvgIpc) is 2.94. The number of alkyl halides is 1. The van der Waals surface area contributed by atoms with Gasteiger partial charge < -0.3 is 14.5 Å². The summed E-state index contributed by atoms with van der Waals surface area (Å²) in [5, 5.41) is 2.82. The van der Waals surface area contributed by atoms with E-state index in [2.05, 4.69) is 10.3 Å². The van der Waals surface area contributed by atoms with E-state index in [1.807, 2.05) is 0 Å². The van der Waals surface area contributed by atoms with E-state index in [0.717, 1.165) is 6.39 Å². The molecule has 0 fully saturated rings. The third kappa shape index (κ3) is 3.52. The molecule has 112 valence electrons. The molecule has 0 bridgehead atoms. The Balaban J connectivity index is 2.27. The standard InChI is InChI=1S/C14H14ClFN2O3/c1-8(16)6-17-14(19)12-13(21-7-18-12)9-3-4-11(20-2)10(15)5-9/h3-5,7-8H,6H2,1-2H3,(H,17,19)/i16-1. The van der Waals surface area contributed by atoms with E-state index in [-0.39, 0.29) is 18.0 Å². The molecule has 0 saturated carbocycles. The summed E-state index contributed by atoms with van der Waals surface area (Å²) in [5.74, 6) is 0.274. The Bertz CT molecular complexity index is 643. The Morgan fingerprint density at radius 2 is 2.33 bits per heavy atom. The Kier molecular flexibility index (Phi) is 4.80. The Morgan fingerprint density at radius 1 is 1.57 bits per heavy atom. The molecule has 7 heteroatoms. The van der Waals surface area contributed by atoms with Crippen LogP contribution in [0.4, 0.5) is 4.39 Å². The van der Waals surface area contributed by atoms with Crippen LogP contribution in [0.3, 0.4) is 0 Å². The Labute approximate surface area is 126 Å². The third-order valence-electron chi connectivity index (χ3n) is 2.74. The minimum atomic E-state index is -1.14. The fraction of sp³-hybridized carbons (Fsp3) is 0.286. The number of rotatable bonds is 5. The molecule has 1 aromatic heterocycles. The maximum Gasteiger partial charge on any atom is 0.274 e. The van der Waals surface area contributed by atoms with Crippen LogP contribution in [0.25, 0.3) is 11.3 Å². The minimum Gasteiger partial charge on any atom is -0.495 e. The van der Waals surface area contributed by atoms with Crippen LogP contribution in [0, 0.1) is 0 Å². The zero-order chi connectivity index (χ0) is 15.4. The lowest BCUT2D eigenvalue weighted by atomic mass is 10.1. The fourth-order valence-electron chi connectivity index (χ4n) is 1.74. The van der Waals surface area contributed by atoms with Gasteiger partial charge in [0.1, 0.15) is 11.9 Å². The van der Waals surface area contributed by atoms with Crippen molar-refractivity contribution in [2.24, 2.45) is 0 Å². The van der Waals surface area contributed by atoms with Gasteiger partial charge in [-0.05, 0) is 25.1 Å². The number of oxazole rings is 1. The van der Waals surface area contributed by atoms with Gasteiger partial charge in [0.05, 0.1) is 12.1 Å². The lowest BCUT2D eigenvalue weighted by Crippen LogP contribution is -2.29. The van der Waals surface area contributed by atoms with Crippen LogP contribution in [-0.2, 0) is 0 Å². The first-order valence-corrected chi connectivity index (χ1v) is 6.60. The maximum absolute atomic E-state index is 12.8. The third-order valence-corrected chi connectivity index (χ3v) is 3.04. The summed E-state index contributed by atoms with van der Waals surface area (Å²) in [5.41, 5.74) is 0.661. The molecule has 1 aromatic carbocycles. The number of nitrogens with zero attached hydrogens (tertiary/aromatic N) is 1. The van der Waals surface area contributed by atoms with Gasteiger partial charge in [0.15, 0.2) is 17.8 Å². The van der Waals surface area contributed by atoms with E-state index in [9.17, 15) is 9.18 Å². The van der Waals surface area contributed by atoms with Gasteiger partial charge in [-0.25, -0.2) is 9.37 Å². The van der Waals surface area contributed by atoms with Crippen molar-refractivity contribution in [3.05, 3.63) is 35.3 Å². The molecule has 1 atom stereocenters. The molecule has 2 rings (SSSR count). The number of nitrogens with one attached hydrogen (secondary N) is 1. The first kappa shape index (κ1) is 15.3. The zero-order valence-electron chi connectivity index (χ0n) is 11.5. The molecule has 1 N–H and O–H groups in total. The molecule has 1 heterocycles. The monoisotopic (exact) mass is 311 g/mol. The molecule has 0 radical (unpaired) electrons. The van der Waals surface area contributed by atoms with Gasteiger partial charge in [-0.1, -0.05) is 11.6 Å². The molecule has 0 aliphatic rings. The van der Waals surface area contributed by atoms with Crippen LogP contribution < -0.4 is 10.1 Å². The molecule has 0 aliphatic carbocycles. The second kappa shape index (κ2) is 6.58. The molecule has 21 heavy (non-hydrogen) atoms. The van der Waals surface area contributed by atoms with Gasteiger partial charge in [-0.3, -0.25) is 4.79 Å². The molecular weight excluding hydrogens is 298 g/mol. The molecular formula is C14H14ClFN2O3. The quantitative estimate of drug-likeness (QED) is 0.921. The maximum atomic E-state index is 12.8. The molecule has 0 spiro atoms. The van der Waals surface area contributed by atoms with E-state index < -0.39 is 12.1 Å². The topological polar surface area (TPSA) is 64.4 Å². The van der Waals surface area contributed by atoms with Gasteiger partial charge in [0.2, 0.25) is 0 Å². The molecule has 2 aromatic rings. The van der Waals surface area contributed by atoms with Gasteiger partial charge >= 0.3 is 0 Å². The molecule has 5 nitrogen and oxygen atoms in total. The second-order valence-corrected chi connectivity index (χ2v) is 4.78. The molecule has 1 unspecified atom stereocenters. The predicted octanol–water partition coefficient (Wildman–Crippen LogP) is 3.09. The summed E-state index contributed by atoms with van der Waals surface area (Å²) >= 11 is 6.04. The number of aromatic nitrogens is 1. The normalized spacial score (nSPS) is 12.0. The molecule has 0 aliphatic heterocycles. The number of carbonyl (C=O) groups is 1. The number of carbonyl (C=O) groups excluding carboxylic acids is 1. The van der Waals surface area contributed by atoms with E-state index in [1.165, 1.54) is 14.0 Å². The van der Waals surface area contributed by atoms with Crippen LogP contribution in [0.2, 0.25) is 5.02 Å². The zero-order valence-corrected chi connectivity index (χ0v) is 12.3. The summed E-state index contributed by atoms with van der Waals surface area (Å²) in [4.78, 5) is 15.8. The summed E-state index contributed by atoms with van der Waals surface area (Å²) in [6.07, 6.45) is 0.0149. The molecule has 0 saturated heterocycles. The lowest BCUT2D eigenvalue weighted by Gasteiger charge is -2.07. The van der Waals surface area contributed by atoms with Crippen LogP contribution >= 0.6 is 11.6 Å². The predicted molar refractivity (Wildman–Crippen MR) is 76.4 cm³/mol. The van der Waals surface area contributed by atoms with E-state index >= 15 is 0 Å². The van der Waals surface area contributed by atoms with Crippen molar-refractivity contribution in [1.29, 1.82) is 0 Å². The SMILES string of the molecule is COc1ccc(-c2ocnc2C(=O)NCC(C)[18F])cc1Cl. The van der Waals surface area contributed by atoms with Crippen molar-refractivity contribution < 1.29 is 18.3 Å². The van der Waals surface area contributed by atoms with Gasteiger partial charge in [-0.2, -0.15) is 0 Å². The van der Waals surface area contributed by atoms with Crippen molar-refractivity contribution in [1.82, 2.24) is 10.3 Å². The summed E-state index contributed by atoms with van der Waals surface area (Å²) in [6.45, 7) is 1.27. The average molecular weight is 312 g/mol. The van der Waals surface area contributed by atoms with Crippen molar-refractivity contribution in [3.63, 3.8) is 0 Å². The van der Waals surface area contributed by atoms with Crippen LogP contribution in [0.5, 0.6) is 5.75 Å². The highest BCUT2D eigenvalue weighted by atomic mass is 35.5. The minimum absolute atomic E-state index is 0.0804. The second-order valence-electron chi connectivity index (χ2n) is 4.37. The van der Waals surface area contributed by atoms with Crippen LogP contribution in [0.1, 0.15) is 17.4 Å². The van der Waals surface area contributed by atoms with Crippen molar-refractivity contribution in [3.8, 4) is 17.1 Å². The van der Waals surface area contributed by atoms with Crippen LogP contribution in [0.15, 0.2) is 29.0 Å². The highest BCUT2D eigenvalue weighted by Gasteiger charge is 2.19. The number of ether oxygens (including phenoxy) is 1. The summed E-state index contributed by atoms with van der Waals surface area (Å²) in [6, 6.07) is 4.96. The Hall–Kier alpha value is -2.08. The highest BCUT2D eigenvalue weighted by Crippen LogP contribution is 2.31. The van der Waals surface area contributed by atoms with Crippen molar-refractivity contribution in [2.75, 3.05) is 13.7 Å². The lowest BCUT2D eigenvalue weighted by molar-refractivity contribution is 0.0939. The number of benzene rings is 1. The number of amides is 1. The van der Waals surface area contributed by atoms with Gasteiger partial charge in [0, 0.05) is 12.1 Å². The first-order valence-electron chi connectivity index (χ1n) is 6.22. The fourth-order valence-corrected chi connectivity index (χ4v) is 2.00. The number of halogens is 2. The van der Waals surface area contributed by atoms with Crippen LogP contribution in [-0.4, -0.2) is 30.7 Å². The first-order chi connectivity index (χ1) is 10.0. The number of hydrogen-bond donors (Lipinski definition) is 1. The summed E-state index contributed by atoms with van der Waals surface area (Å²) in [7, 11) is 1.51. The Morgan fingerprint density at radius 3 is 2.95 bits per heavy atom. The summed E-state index contributed by atoms with van der Waals surface area (Å²) < 4.78 is 23.1. The number of hydrogen-bond acceptors (Lipinski definition) is 4. The number of methoxy groups -OCH3 is 1. The van der Waals surface area contributed by atoms with Crippen molar-refractivity contribution in [2.45, 2.75) is 13.1 Å². The molecule has 1 amide bonds. The van der Waals surface area contributed by atoms with E-state index in [0.29, 0.717) is 16.3 Å². The highest BCUT2D eigenvalue weighted by molar-refractivity contribution is 6.32. The van der Waals surface area contributed by atoms with Gasteiger partial charge in [0.25, 0.3) is 5.91 Å². The van der Waals surface area contributed by atoms with Gasteiger partial charge in [-0.15, -0.1) is 0 Å². The van der Waals surface area contributed by atoms with E-state index in [4.69, 9.17) is 20.8 Å². The smallest absolute Gasteiger partial charge is 0.274 e. The van der Waals surface area contributed by atoms with E-state index in [1.54, 1.807) is 18.2 Å².